The molecule has 0 bridgehead atoms. The van der Waals surface area contributed by atoms with Crippen LogP contribution in [0.1, 0.15) is 65.0 Å². The number of aryl methyl sites for hydroxylation is 2. The number of esters is 2. The van der Waals surface area contributed by atoms with Gasteiger partial charge in [-0.1, -0.05) is 43.8 Å². The summed E-state index contributed by atoms with van der Waals surface area (Å²) in [5.74, 6) is 0.849. The number of aldehydes is 2. The molecule has 54 heavy (non-hydrogen) atoms. The largest absolute Gasteiger partial charge is 0.497 e. The fourth-order valence-corrected chi connectivity index (χ4v) is 3.83. The minimum Gasteiger partial charge on any atom is -0.497 e. The van der Waals surface area contributed by atoms with E-state index in [9.17, 15) is 24.0 Å². The summed E-state index contributed by atoms with van der Waals surface area (Å²) in [5.41, 5.74) is 3.24. The molecule has 294 valence electrons. The summed E-state index contributed by atoms with van der Waals surface area (Å²) in [4.78, 5) is 52.6. The molecule has 1 atom stereocenters. The molecule has 0 radical (unpaired) electrons. The van der Waals surface area contributed by atoms with Gasteiger partial charge in [0.1, 0.15) is 42.5 Å². The Morgan fingerprint density at radius 1 is 0.833 bits per heavy atom. The van der Waals surface area contributed by atoms with E-state index < -0.39 is 11.9 Å². The van der Waals surface area contributed by atoms with E-state index in [4.69, 9.17) is 23.7 Å². The van der Waals surface area contributed by atoms with E-state index in [0.717, 1.165) is 42.8 Å². The lowest BCUT2D eigenvalue weighted by molar-refractivity contribution is -0.138. The van der Waals surface area contributed by atoms with Gasteiger partial charge in [-0.2, -0.15) is 0 Å². The zero-order valence-corrected chi connectivity index (χ0v) is 32.0. The van der Waals surface area contributed by atoms with Crippen LogP contribution in [-0.2, 0) is 39.8 Å². The van der Waals surface area contributed by atoms with Crippen LogP contribution in [0.3, 0.4) is 0 Å². The minimum absolute atomic E-state index is 0.147. The quantitative estimate of drug-likeness (QED) is 0.0272. The third-order valence-corrected chi connectivity index (χ3v) is 6.79. The maximum absolute atomic E-state index is 12.4. The summed E-state index contributed by atoms with van der Waals surface area (Å²) < 4.78 is 36.4. The Morgan fingerprint density at radius 2 is 1.48 bits per heavy atom. The van der Waals surface area contributed by atoms with E-state index in [1.54, 1.807) is 62.8 Å². The molecule has 0 N–H and O–H groups in total. The van der Waals surface area contributed by atoms with E-state index in [1.165, 1.54) is 5.56 Å². The van der Waals surface area contributed by atoms with Gasteiger partial charge < -0.3 is 38.0 Å². The Kier molecular flexibility index (Phi) is 28.8. The molecular weight excluding hydrogens is 696 g/mol. The van der Waals surface area contributed by atoms with Gasteiger partial charge in [0.25, 0.3) is 6.47 Å². The third-order valence-electron chi connectivity index (χ3n) is 6.79. The zero-order chi connectivity index (χ0) is 40.4. The average molecular weight is 751 g/mol. The van der Waals surface area contributed by atoms with Gasteiger partial charge in [-0.15, -0.1) is 6.58 Å². The van der Waals surface area contributed by atoms with Crippen molar-refractivity contribution >= 4 is 31.0 Å². The Balaban J connectivity index is 0.00000103. The van der Waals surface area contributed by atoms with Gasteiger partial charge in [0, 0.05) is 31.8 Å². The second kappa shape index (κ2) is 32.1. The van der Waals surface area contributed by atoms with Crippen LogP contribution in [0.4, 0.5) is 0 Å². The highest BCUT2D eigenvalue weighted by molar-refractivity contribution is 5.91. The average Bonchev–Trinajstić information content (AvgIpc) is 3.20. The van der Waals surface area contributed by atoms with Crippen LogP contribution >= 0.6 is 0 Å². The van der Waals surface area contributed by atoms with Crippen molar-refractivity contribution in [3.63, 3.8) is 0 Å². The molecule has 0 heterocycles. The van der Waals surface area contributed by atoms with Crippen LogP contribution in [0.5, 0.6) is 17.2 Å². The summed E-state index contributed by atoms with van der Waals surface area (Å²) in [5, 5.41) is 0. The van der Waals surface area contributed by atoms with Crippen LogP contribution in [0.25, 0.3) is 0 Å². The predicted octanol–water partition coefficient (Wildman–Crippen LogP) is 7.14. The third kappa shape index (κ3) is 23.1. The molecule has 0 amide bonds. The number of carbonyl (C=O) groups excluding carboxylic acids is 5. The van der Waals surface area contributed by atoms with E-state index in [2.05, 4.69) is 29.6 Å². The van der Waals surface area contributed by atoms with Gasteiger partial charge in [-0.05, 0) is 86.7 Å². The molecule has 0 aliphatic carbocycles. The summed E-state index contributed by atoms with van der Waals surface area (Å²) in [6.45, 7) is 14.6. The molecule has 3 aromatic rings. The summed E-state index contributed by atoms with van der Waals surface area (Å²) >= 11 is 0. The molecule has 12 heteroatoms. The topological polar surface area (TPSA) is 150 Å². The summed E-state index contributed by atoms with van der Waals surface area (Å²) in [7, 11) is 3.18. The molecule has 12 nitrogen and oxygen atoms in total. The summed E-state index contributed by atoms with van der Waals surface area (Å²) in [6.07, 6.45) is 6.95. The van der Waals surface area contributed by atoms with Gasteiger partial charge in [-0.3, -0.25) is 9.59 Å². The van der Waals surface area contributed by atoms with Crippen LogP contribution in [0.2, 0.25) is 0 Å². The standard InChI is InChI=1S/C24H30O8.C9H10O.C6H8O3.C3H6/c1-18-14-21(27-2)10-11-23(18)32-24(26)19-6-8-20(9-7-19)31-16-22(28-3)15-29-12-4-5-13-30-17-25;1-2-8-3-5-9(7-10)6-4-8;1-2-6(8)9-5-3-4-7;1-3-2/h6-11,14,17,22H,4-5,12-13,15-16H2,1-3H3;3-7H,2H2,1H3;2,4H,1,3,5H2;3H,1H2,2H3. The van der Waals surface area contributed by atoms with Crippen molar-refractivity contribution in [1.29, 1.82) is 0 Å². The van der Waals surface area contributed by atoms with E-state index in [0.29, 0.717) is 62.0 Å². The number of allylic oxidation sites excluding steroid dienone is 1. The second-order valence-corrected chi connectivity index (χ2v) is 10.9. The second-order valence-electron chi connectivity index (χ2n) is 10.9. The highest BCUT2D eigenvalue weighted by atomic mass is 16.6. The smallest absolute Gasteiger partial charge is 0.343 e. The first kappa shape index (κ1) is 48.4. The lowest BCUT2D eigenvalue weighted by atomic mass is 10.1. The molecular formula is C42H54O12. The van der Waals surface area contributed by atoms with Gasteiger partial charge in [0.2, 0.25) is 0 Å². The SMILES string of the molecule is C=CC.C=CC(=O)OCCC=O.CCc1ccc(C=O)cc1.COc1ccc(OC(=O)c2ccc(OCC(COCCCCOC=O)OC)cc2)c(C)c1. The van der Waals surface area contributed by atoms with E-state index in [-0.39, 0.29) is 19.1 Å². The monoisotopic (exact) mass is 750 g/mol. The molecule has 1 unspecified atom stereocenters. The summed E-state index contributed by atoms with van der Waals surface area (Å²) in [6, 6.07) is 19.6. The molecule has 3 rings (SSSR count). The van der Waals surface area contributed by atoms with Crippen molar-refractivity contribution in [3.05, 3.63) is 114 Å². The molecule has 0 aromatic heterocycles. The maximum atomic E-state index is 12.4. The molecule has 0 aliphatic heterocycles. The Morgan fingerprint density at radius 3 is 2.02 bits per heavy atom. The van der Waals surface area contributed by atoms with Gasteiger partial charge in [-0.25, -0.2) is 9.59 Å². The lowest BCUT2D eigenvalue weighted by Gasteiger charge is -2.16. The molecule has 0 spiro atoms. The van der Waals surface area contributed by atoms with Gasteiger partial charge in [0.05, 0.1) is 32.5 Å². The fraction of sp³-hybridized carbons (Fsp3) is 0.357. The number of rotatable bonds is 21. The number of hydrogen-bond donors (Lipinski definition) is 0. The molecule has 0 saturated heterocycles. The van der Waals surface area contributed by atoms with Crippen molar-refractivity contribution in [2.45, 2.75) is 52.6 Å². The van der Waals surface area contributed by atoms with Gasteiger partial charge >= 0.3 is 11.9 Å². The molecule has 0 fully saturated rings. The Bertz CT molecular complexity index is 1500. The van der Waals surface area contributed by atoms with Crippen molar-refractivity contribution in [2.75, 3.05) is 47.3 Å². The minimum atomic E-state index is -0.489. The lowest BCUT2D eigenvalue weighted by Crippen LogP contribution is -2.26. The first-order valence-corrected chi connectivity index (χ1v) is 17.3. The molecule has 3 aromatic carbocycles. The first-order chi connectivity index (χ1) is 26.2. The van der Waals surface area contributed by atoms with Crippen LogP contribution in [0, 0.1) is 6.92 Å². The number of unbranched alkanes of at least 4 members (excludes halogenated alkanes) is 1. The van der Waals surface area contributed by atoms with Crippen LogP contribution in [0.15, 0.2) is 92.0 Å². The van der Waals surface area contributed by atoms with Gasteiger partial charge in [0.15, 0.2) is 0 Å². The number of hydrogen-bond acceptors (Lipinski definition) is 12. The Labute approximate surface area is 319 Å². The Hall–Kier alpha value is -5.59. The fourth-order valence-electron chi connectivity index (χ4n) is 3.83. The number of benzene rings is 3. The van der Waals surface area contributed by atoms with Crippen molar-refractivity contribution in [2.24, 2.45) is 0 Å². The maximum Gasteiger partial charge on any atom is 0.343 e. The van der Waals surface area contributed by atoms with E-state index >= 15 is 0 Å². The van der Waals surface area contributed by atoms with Crippen LogP contribution in [-0.4, -0.2) is 84.3 Å². The predicted molar refractivity (Wildman–Crippen MR) is 206 cm³/mol. The zero-order valence-electron chi connectivity index (χ0n) is 32.0. The van der Waals surface area contributed by atoms with Crippen molar-refractivity contribution in [3.8, 4) is 17.2 Å². The molecule has 0 saturated carbocycles. The van der Waals surface area contributed by atoms with Crippen molar-refractivity contribution < 1.29 is 57.1 Å². The highest BCUT2D eigenvalue weighted by Gasteiger charge is 2.13. The normalized spacial score (nSPS) is 10.1. The molecule has 0 aliphatic rings. The number of ether oxygens (including phenoxy) is 7. The number of methoxy groups -OCH3 is 2. The first-order valence-electron chi connectivity index (χ1n) is 17.3. The van der Waals surface area contributed by atoms with E-state index in [1.807, 2.05) is 38.1 Å². The van der Waals surface area contributed by atoms with Crippen LogP contribution < -0.4 is 14.2 Å². The number of carbonyl (C=O) groups is 5. The van der Waals surface area contributed by atoms with Crippen molar-refractivity contribution in [1.82, 2.24) is 0 Å². The highest BCUT2D eigenvalue weighted by Crippen LogP contribution is 2.24.